The van der Waals surface area contributed by atoms with Crippen LogP contribution in [0.15, 0.2) is 89.4 Å². The third-order valence-electron chi connectivity index (χ3n) is 3.99. The van der Waals surface area contributed by atoms with E-state index in [1.807, 2.05) is 59.3 Å². The average molecular weight is 410 g/mol. The summed E-state index contributed by atoms with van der Waals surface area (Å²) < 4.78 is 3.03. The van der Waals surface area contributed by atoms with E-state index in [0.29, 0.717) is 0 Å². The van der Waals surface area contributed by atoms with Gasteiger partial charge in [0.2, 0.25) is 0 Å². The maximum Gasteiger partial charge on any atom is 0.0934 e. The second-order valence-electron chi connectivity index (χ2n) is 5.68. The fraction of sp³-hybridized carbons (Fsp3) is 0. The van der Waals surface area contributed by atoms with E-state index in [1.54, 1.807) is 0 Å². The van der Waals surface area contributed by atoms with Crippen LogP contribution < -0.4 is 0 Å². The number of para-hydroxylation sites is 1. The van der Waals surface area contributed by atoms with Crippen molar-refractivity contribution in [3.63, 3.8) is 0 Å². The van der Waals surface area contributed by atoms with Gasteiger partial charge in [0, 0.05) is 20.6 Å². The summed E-state index contributed by atoms with van der Waals surface area (Å²) in [5.74, 6) is 0. The molecule has 0 aliphatic heterocycles. The topological polar surface area (TPSA) is 17.8 Å². The van der Waals surface area contributed by atoms with E-state index in [-0.39, 0.29) is 0 Å². The van der Waals surface area contributed by atoms with E-state index in [1.165, 1.54) is 0 Å². The summed E-state index contributed by atoms with van der Waals surface area (Å²) in [7, 11) is 0. The first-order chi connectivity index (χ1) is 12.2. The van der Waals surface area contributed by atoms with Crippen molar-refractivity contribution in [3.05, 3.63) is 94.4 Å². The summed E-state index contributed by atoms with van der Waals surface area (Å²) in [5, 5.41) is 5.56. The van der Waals surface area contributed by atoms with Gasteiger partial charge in [-0.15, -0.1) is 0 Å². The zero-order valence-corrected chi connectivity index (χ0v) is 15.6. The molecule has 0 fully saturated rings. The predicted octanol–water partition coefficient (Wildman–Crippen LogP) is 6.62. The fourth-order valence-electron chi connectivity index (χ4n) is 2.74. The molecule has 4 aromatic rings. The zero-order chi connectivity index (χ0) is 17.2. The molecule has 122 valence electrons. The third kappa shape index (κ3) is 3.39. The lowest BCUT2D eigenvalue weighted by Crippen LogP contribution is -1.98. The first-order valence-corrected chi connectivity index (χ1v) is 9.05. The molecule has 0 aliphatic carbocycles. The van der Waals surface area contributed by atoms with Gasteiger partial charge in [0.1, 0.15) is 0 Å². The maximum atomic E-state index is 6.01. The number of aromatic nitrogens is 2. The normalized spacial score (nSPS) is 10.8. The Morgan fingerprint density at radius 1 is 0.760 bits per heavy atom. The van der Waals surface area contributed by atoms with Gasteiger partial charge in [0.15, 0.2) is 0 Å². The molecule has 0 radical (unpaired) electrons. The second-order valence-corrected chi connectivity index (χ2v) is 7.03. The van der Waals surface area contributed by atoms with Crippen LogP contribution in [0.5, 0.6) is 0 Å². The Morgan fingerprint density at radius 3 is 2.08 bits per heavy atom. The molecule has 3 aromatic carbocycles. The monoisotopic (exact) mass is 408 g/mol. The van der Waals surface area contributed by atoms with Crippen LogP contribution in [0.1, 0.15) is 0 Å². The van der Waals surface area contributed by atoms with Crippen LogP contribution in [0.4, 0.5) is 0 Å². The van der Waals surface area contributed by atoms with Crippen molar-refractivity contribution in [1.29, 1.82) is 0 Å². The Morgan fingerprint density at radius 2 is 1.40 bits per heavy atom. The number of halogens is 2. The Kier molecular flexibility index (Phi) is 4.43. The summed E-state index contributed by atoms with van der Waals surface area (Å²) in [6.45, 7) is 0. The molecule has 0 N–H and O–H groups in total. The van der Waals surface area contributed by atoms with Crippen LogP contribution in [0.3, 0.4) is 0 Å². The SMILES string of the molecule is Clc1ccc(-c2cc(-c3ccc(Br)cc3)n(-c3ccccc3)n2)cc1. The van der Waals surface area contributed by atoms with Gasteiger partial charge in [0.25, 0.3) is 0 Å². The summed E-state index contributed by atoms with van der Waals surface area (Å²) in [6, 6.07) is 28.3. The number of rotatable bonds is 3. The smallest absolute Gasteiger partial charge is 0.0934 e. The van der Waals surface area contributed by atoms with Crippen molar-refractivity contribution in [2.45, 2.75) is 0 Å². The Labute approximate surface area is 159 Å². The molecule has 0 atom stereocenters. The molecule has 0 saturated heterocycles. The second kappa shape index (κ2) is 6.87. The van der Waals surface area contributed by atoms with Gasteiger partial charge in [0.05, 0.1) is 17.1 Å². The van der Waals surface area contributed by atoms with Crippen LogP contribution in [0, 0.1) is 0 Å². The maximum absolute atomic E-state index is 6.01. The molecule has 1 heterocycles. The van der Waals surface area contributed by atoms with Gasteiger partial charge in [-0.3, -0.25) is 0 Å². The van der Waals surface area contributed by atoms with Crippen LogP contribution >= 0.6 is 27.5 Å². The predicted molar refractivity (Wildman–Crippen MR) is 107 cm³/mol. The van der Waals surface area contributed by atoms with Crippen molar-refractivity contribution in [3.8, 4) is 28.2 Å². The molecular weight excluding hydrogens is 396 g/mol. The quantitative estimate of drug-likeness (QED) is 0.371. The Hall–Kier alpha value is -2.36. The highest BCUT2D eigenvalue weighted by atomic mass is 79.9. The summed E-state index contributed by atoms with van der Waals surface area (Å²) in [4.78, 5) is 0. The molecule has 0 amide bonds. The largest absolute Gasteiger partial charge is 0.232 e. The van der Waals surface area contributed by atoms with Crippen LogP contribution in [-0.2, 0) is 0 Å². The average Bonchev–Trinajstić information content (AvgIpc) is 3.09. The van der Waals surface area contributed by atoms with Gasteiger partial charge in [-0.05, 0) is 42.5 Å². The standard InChI is InChI=1S/C21H14BrClN2/c22-17-10-6-16(7-11-17)21-14-20(15-8-12-18(23)13-9-15)24-25(21)19-4-2-1-3-5-19/h1-14H. The van der Waals surface area contributed by atoms with E-state index in [2.05, 4.69) is 46.3 Å². The minimum Gasteiger partial charge on any atom is -0.232 e. The van der Waals surface area contributed by atoms with E-state index in [0.717, 1.165) is 37.7 Å². The molecule has 0 unspecified atom stereocenters. The molecule has 0 saturated carbocycles. The molecule has 4 rings (SSSR count). The molecule has 0 spiro atoms. The van der Waals surface area contributed by atoms with Crippen molar-refractivity contribution in [2.24, 2.45) is 0 Å². The van der Waals surface area contributed by atoms with Crippen molar-refractivity contribution < 1.29 is 0 Å². The van der Waals surface area contributed by atoms with E-state index in [9.17, 15) is 0 Å². The Bertz CT molecular complexity index is 991. The first kappa shape index (κ1) is 16.1. The molecular formula is C21H14BrClN2. The first-order valence-electron chi connectivity index (χ1n) is 7.88. The molecule has 2 nitrogen and oxygen atoms in total. The molecule has 0 bridgehead atoms. The fourth-order valence-corrected chi connectivity index (χ4v) is 3.13. The number of hydrogen-bond donors (Lipinski definition) is 0. The molecule has 4 heteroatoms. The number of benzene rings is 3. The third-order valence-corrected chi connectivity index (χ3v) is 4.77. The van der Waals surface area contributed by atoms with Gasteiger partial charge in [-0.2, -0.15) is 5.10 Å². The highest BCUT2D eigenvalue weighted by Gasteiger charge is 2.13. The lowest BCUT2D eigenvalue weighted by atomic mass is 10.1. The van der Waals surface area contributed by atoms with Gasteiger partial charge >= 0.3 is 0 Å². The van der Waals surface area contributed by atoms with Crippen LogP contribution in [-0.4, -0.2) is 9.78 Å². The van der Waals surface area contributed by atoms with E-state index in [4.69, 9.17) is 16.7 Å². The summed E-state index contributed by atoms with van der Waals surface area (Å²) in [6.07, 6.45) is 0. The van der Waals surface area contributed by atoms with E-state index < -0.39 is 0 Å². The summed E-state index contributed by atoms with van der Waals surface area (Å²) >= 11 is 9.51. The van der Waals surface area contributed by atoms with Gasteiger partial charge in [-0.25, -0.2) is 4.68 Å². The van der Waals surface area contributed by atoms with Crippen molar-refractivity contribution >= 4 is 27.5 Å². The lowest BCUT2D eigenvalue weighted by molar-refractivity contribution is 0.892. The van der Waals surface area contributed by atoms with Crippen molar-refractivity contribution in [1.82, 2.24) is 9.78 Å². The van der Waals surface area contributed by atoms with Gasteiger partial charge < -0.3 is 0 Å². The minimum atomic E-state index is 0.722. The Balaban J connectivity index is 1.89. The van der Waals surface area contributed by atoms with Crippen molar-refractivity contribution in [2.75, 3.05) is 0 Å². The number of hydrogen-bond acceptors (Lipinski definition) is 1. The summed E-state index contributed by atoms with van der Waals surface area (Å²) in [5.41, 5.74) is 5.14. The molecule has 25 heavy (non-hydrogen) atoms. The molecule has 1 aromatic heterocycles. The number of nitrogens with zero attached hydrogens (tertiary/aromatic N) is 2. The van der Waals surface area contributed by atoms with Crippen LogP contribution in [0.25, 0.3) is 28.2 Å². The van der Waals surface area contributed by atoms with Gasteiger partial charge in [-0.1, -0.05) is 70.0 Å². The molecule has 0 aliphatic rings. The zero-order valence-electron chi connectivity index (χ0n) is 13.2. The van der Waals surface area contributed by atoms with E-state index >= 15 is 0 Å². The highest BCUT2D eigenvalue weighted by molar-refractivity contribution is 9.10. The minimum absolute atomic E-state index is 0.722. The van der Waals surface area contributed by atoms with Crippen LogP contribution in [0.2, 0.25) is 5.02 Å². The highest BCUT2D eigenvalue weighted by Crippen LogP contribution is 2.30. The lowest BCUT2D eigenvalue weighted by Gasteiger charge is -2.07.